The number of aryl methyl sites for hydroxylation is 2. The van der Waals surface area contributed by atoms with Gasteiger partial charge in [-0.1, -0.05) is 61.0 Å². The van der Waals surface area contributed by atoms with Gasteiger partial charge in [0, 0.05) is 12.5 Å². The second kappa shape index (κ2) is 16.0. The molecule has 0 aromatic heterocycles. The van der Waals surface area contributed by atoms with E-state index in [9.17, 15) is 19.2 Å². The summed E-state index contributed by atoms with van der Waals surface area (Å²) in [4.78, 5) is 57.5. The van der Waals surface area contributed by atoms with E-state index < -0.39 is 47.3 Å². The van der Waals surface area contributed by atoms with Gasteiger partial charge in [-0.15, -0.1) is 0 Å². The smallest absolute Gasteiger partial charge is 0.408 e. The highest BCUT2D eigenvalue weighted by molar-refractivity contribution is 7.98. The summed E-state index contributed by atoms with van der Waals surface area (Å²) in [6.45, 7) is 16.5. The average molecular weight is 668 g/mol. The Hall–Kier alpha value is -3.53. The lowest BCUT2D eigenvalue weighted by atomic mass is 9.95. The molecule has 3 amide bonds. The Balaban J connectivity index is 2.10. The van der Waals surface area contributed by atoms with Gasteiger partial charge >= 0.3 is 12.1 Å². The predicted molar refractivity (Wildman–Crippen MR) is 187 cm³/mol. The van der Waals surface area contributed by atoms with Gasteiger partial charge < -0.3 is 25.0 Å². The quantitative estimate of drug-likeness (QED) is 0.241. The van der Waals surface area contributed by atoms with Gasteiger partial charge in [-0.3, -0.25) is 9.59 Å². The van der Waals surface area contributed by atoms with Gasteiger partial charge in [0.05, 0.1) is 0 Å². The molecule has 1 aliphatic carbocycles. The van der Waals surface area contributed by atoms with E-state index in [2.05, 4.69) is 10.6 Å². The van der Waals surface area contributed by atoms with Crippen molar-refractivity contribution >= 4 is 35.6 Å². The van der Waals surface area contributed by atoms with Crippen molar-refractivity contribution in [3.63, 3.8) is 0 Å². The molecule has 0 aliphatic heterocycles. The summed E-state index contributed by atoms with van der Waals surface area (Å²) in [6.07, 6.45) is 2.52. The van der Waals surface area contributed by atoms with Crippen molar-refractivity contribution in [2.45, 2.75) is 117 Å². The topological polar surface area (TPSA) is 114 Å². The van der Waals surface area contributed by atoms with E-state index in [1.165, 1.54) is 0 Å². The maximum atomic E-state index is 14.7. The molecule has 1 fully saturated rings. The fraction of sp³-hybridized carbons (Fsp3) is 0.568. The summed E-state index contributed by atoms with van der Waals surface area (Å²) >= 11 is 1.56. The van der Waals surface area contributed by atoms with Crippen LogP contribution in [0.25, 0.3) is 0 Å². The van der Waals surface area contributed by atoms with Crippen LogP contribution in [0.3, 0.4) is 0 Å². The first kappa shape index (κ1) is 37.9. The summed E-state index contributed by atoms with van der Waals surface area (Å²) in [6, 6.07) is 12.0. The van der Waals surface area contributed by atoms with Crippen molar-refractivity contribution in [3.8, 4) is 0 Å². The van der Waals surface area contributed by atoms with E-state index in [1.807, 2.05) is 75.6 Å². The molecule has 0 bridgehead atoms. The predicted octanol–water partition coefficient (Wildman–Crippen LogP) is 6.30. The normalized spacial score (nSPS) is 17.9. The van der Waals surface area contributed by atoms with E-state index >= 15 is 0 Å². The number of hydrogen-bond acceptors (Lipinski definition) is 7. The monoisotopic (exact) mass is 667 g/mol. The van der Waals surface area contributed by atoms with Crippen LogP contribution in [0.2, 0.25) is 0 Å². The third kappa shape index (κ3) is 11.6. The number of esters is 1. The third-order valence-electron chi connectivity index (χ3n) is 7.82. The molecule has 0 saturated heterocycles. The van der Waals surface area contributed by atoms with E-state index in [4.69, 9.17) is 9.47 Å². The highest BCUT2D eigenvalue weighted by atomic mass is 32.2. The van der Waals surface area contributed by atoms with E-state index in [1.54, 1.807) is 58.2 Å². The second-order valence-corrected chi connectivity index (χ2v) is 15.5. The molecular weight excluding hydrogens is 614 g/mol. The Morgan fingerprint density at radius 3 is 2.09 bits per heavy atom. The largest absolute Gasteiger partial charge is 0.458 e. The molecule has 2 aromatic carbocycles. The summed E-state index contributed by atoms with van der Waals surface area (Å²) in [5.74, 6) is -0.654. The van der Waals surface area contributed by atoms with Crippen LogP contribution >= 0.6 is 11.8 Å². The Labute approximate surface area is 284 Å². The van der Waals surface area contributed by atoms with Crippen molar-refractivity contribution in [2.24, 2.45) is 5.92 Å². The van der Waals surface area contributed by atoms with Gasteiger partial charge in [0.1, 0.15) is 29.3 Å². The summed E-state index contributed by atoms with van der Waals surface area (Å²) in [7, 11) is 0. The number of ether oxygens (including phenoxy) is 2. The average Bonchev–Trinajstić information content (AvgIpc) is 3.68. The number of hydrogen-bond donors (Lipinski definition) is 2. The molecule has 2 N–H and O–H groups in total. The zero-order valence-corrected chi connectivity index (χ0v) is 30.5. The van der Waals surface area contributed by atoms with Crippen LogP contribution in [0.4, 0.5) is 4.79 Å². The Morgan fingerprint density at radius 1 is 0.915 bits per heavy atom. The number of carbonyl (C=O) groups is 4. The molecule has 47 heavy (non-hydrogen) atoms. The fourth-order valence-electron chi connectivity index (χ4n) is 5.43. The highest BCUT2D eigenvalue weighted by Crippen LogP contribution is 2.41. The molecule has 10 heteroatoms. The number of thioether (sulfide) groups is 1. The number of amides is 3. The zero-order chi connectivity index (χ0) is 35.1. The molecule has 0 heterocycles. The van der Waals surface area contributed by atoms with Gasteiger partial charge in [0.2, 0.25) is 11.8 Å². The Morgan fingerprint density at radius 2 is 1.53 bits per heavy atom. The van der Waals surface area contributed by atoms with Crippen molar-refractivity contribution in [1.29, 1.82) is 0 Å². The van der Waals surface area contributed by atoms with Crippen LogP contribution in [0.15, 0.2) is 48.5 Å². The maximum Gasteiger partial charge on any atom is 0.408 e. The second-order valence-electron chi connectivity index (χ2n) is 14.6. The lowest BCUT2D eigenvalue weighted by Crippen LogP contribution is -2.56. The summed E-state index contributed by atoms with van der Waals surface area (Å²) < 4.78 is 11.3. The highest BCUT2D eigenvalue weighted by Gasteiger charge is 2.49. The maximum absolute atomic E-state index is 14.7. The minimum atomic E-state index is -1.06. The SMILES string of the molecule is CSCCC(NC(=O)OC(C)(C)C)C(=O)N(C(C(=O)NC(Cc1ccccc1)C(=O)OC(C)(C)C)c1cc(C)ccc1C)C1CC1C. The standard InChI is InChI=1S/C37H53N3O6S/c1-23-16-17-24(2)27(20-23)31(32(41)38-29(34(43)45-36(4,5)6)22-26-14-12-11-13-15-26)40(30-21-25(30)3)33(42)28(18-19-47-10)39-35(44)46-37(7,8)9/h11-17,20,25,28-31H,18-19,21-22H2,1-10H3,(H,38,41)(H,39,44). The number of alkyl carbamates (subject to hydrolysis) is 1. The van der Waals surface area contributed by atoms with Crippen LogP contribution in [-0.2, 0) is 30.3 Å². The van der Waals surface area contributed by atoms with Crippen molar-refractivity contribution in [3.05, 3.63) is 70.8 Å². The van der Waals surface area contributed by atoms with Gasteiger partial charge in [-0.25, -0.2) is 9.59 Å². The first-order chi connectivity index (χ1) is 21.9. The minimum absolute atomic E-state index is 0.146. The number of nitrogens with zero attached hydrogens (tertiary/aromatic N) is 1. The number of carbonyl (C=O) groups excluding carboxylic acids is 4. The summed E-state index contributed by atoms with van der Waals surface area (Å²) in [5, 5.41) is 5.80. The van der Waals surface area contributed by atoms with E-state index in [0.29, 0.717) is 24.2 Å². The lowest BCUT2D eigenvalue weighted by Gasteiger charge is -2.36. The third-order valence-corrected chi connectivity index (χ3v) is 8.47. The van der Waals surface area contributed by atoms with Gasteiger partial charge in [-0.2, -0.15) is 11.8 Å². The molecule has 0 spiro atoms. The van der Waals surface area contributed by atoms with Crippen LogP contribution in [0.5, 0.6) is 0 Å². The molecule has 5 atom stereocenters. The molecule has 2 aromatic rings. The molecule has 9 nitrogen and oxygen atoms in total. The molecule has 1 aliphatic rings. The molecule has 258 valence electrons. The summed E-state index contributed by atoms with van der Waals surface area (Å²) in [5.41, 5.74) is 1.76. The molecule has 0 radical (unpaired) electrons. The lowest BCUT2D eigenvalue weighted by molar-refractivity contribution is -0.159. The molecule has 3 rings (SSSR count). The first-order valence-electron chi connectivity index (χ1n) is 16.3. The van der Waals surface area contributed by atoms with Crippen molar-refractivity contribution < 1.29 is 28.7 Å². The van der Waals surface area contributed by atoms with Gasteiger partial charge in [0.25, 0.3) is 0 Å². The molecule has 1 saturated carbocycles. The zero-order valence-electron chi connectivity index (χ0n) is 29.6. The number of nitrogens with one attached hydrogen (secondary N) is 2. The van der Waals surface area contributed by atoms with Gasteiger partial charge in [0.15, 0.2) is 0 Å². The number of benzene rings is 2. The van der Waals surface area contributed by atoms with Crippen molar-refractivity contribution in [1.82, 2.24) is 15.5 Å². The van der Waals surface area contributed by atoms with Crippen LogP contribution < -0.4 is 10.6 Å². The van der Waals surface area contributed by atoms with E-state index in [-0.39, 0.29) is 24.3 Å². The Bertz CT molecular complexity index is 1400. The Kier molecular flexibility index (Phi) is 12.9. The number of rotatable bonds is 13. The van der Waals surface area contributed by atoms with Crippen LogP contribution in [0.1, 0.15) is 89.6 Å². The van der Waals surface area contributed by atoms with Crippen LogP contribution in [-0.4, -0.2) is 70.1 Å². The van der Waals surface area contributed by atoms with Gasteiger partial charge in [-0.05, 0) is 103 Å². The minimum Gasteiger partial charge on any atom is -0.458 e. The molecule has 5 unspecified atom stereocenters. The molecular formula is C37H53N3O6S. The van der Waals surface area contributed by atoms with Crippen molar-refractivity contribution in [2.75, 3.05) is 12.0 Å². The van der Waals surface area contributed by atoms with E-state index in [0.717, 1.165) is 16.7 Å². The first-order valence-corrected chi connectivity index (χ1v) is 17.7. The fourth-order valence-corrected chi connectivity index (χ4v) is 5.91. The van der Waals surface area contributed by atoms with Crippen LogP contribution in [0, 0.1) is 19.8 Å².